The number of nitrogens with one attached hydrogen (secondary N) is 3. The normalized spacial score (nSPS) is 15.1. The van der Waals surface area contributed by atoms with Gasteiger partial charge in [-0.25, -0.2) is 4.52 Å². The molecule has 3 rings (SSSR count). The zero-order valence-electron chi connectivity index (χ0n) is 15.2. The van der Waals surface area contributed by atoms with E-state index in [4.69, 9.17) is 0 Å². The van der Waals surface area contributed by atoms with E-state index >= 15 is 0 Å². The third-order valence-electron chi connectivity index (χ3n) is 4.15. The molecule has 3 heterocycles. The van der Waals surface area contributed by atoms with Crippen LogP contribution in [0.3, 0.4) is 0 Å². The number of halogens is 3. The molecule has 0 aliphatic carbocycles. The first-order chi connectivity index (χ1) is 13.3. The summed E-state index contributed by atoms with van der Waals surface area (Å²) < 4.78 is 40.7. The van der Waals surface area contributed by atoms with Crippen LogP contribution in [0.25, 0.3) is 5.52 Å². The summed E-state index contributed by atoms with van der Waals surface area (Å²) in [6.07, 6.45) is 1.84. The predicted molar refractivity (Wildman–Crippen MR) is 102 cm³/mol. The first-order valence-electron chi connectivity index (χ1n) is 8.81. The number of fused-ring (bicyclic) bond motifs is 1. The zero-order valence-corrected chi connectivity index (χ0v) is 16.0. The number of hydrogen-bond donors (Lipinski definition) is 3. The van der Waals surface area contributed by atoms with E-state index in [0.29, 0.717) is 11.3 Å². The van der Waals surface area contributed by atoms with Crippen LogP contribution in [0.2, 0.25) is 0 Å². The molecule has 0 unspecified atom stereocenters. The molecule has 3 N–H and O–H groups in total. The van der Waals surface area contributed by atoms with Crippen molar-refractivity contribution >= 4 is 29.0 Å². The maximum Gasteiger partial charge on any atom is 0.446 e. The smallest absolute Gasteiger partial charge is 0.367 e. The number of aromatic nitrogens is 2. The van der Waals surface area contributed by atoms with Gasteiger partial charge in [-0.2, -0.15) is 18.3 Å². The summed E-state index contributed by atoms with van der Waals surface area (Å²) in [4.78, 5) is 10.9. The lowest BCUT2D eigenvalue weighted by Crippen LogP contribution is -2.35. The van der Waals surface area contributed by atoms with Gasteiger partial charge in [0.1, 0.15) is 11.5 Å². The fourth-order valence-corrected chi connectivity index (χ4v) is 3.61. The SMILES string of the molecule is CC(=O)NCC#Cc1nn2c(NC3CCNCC3)cccc2c1SC(F)(F)F. The molecule has 10 heteroatoms. The average Bonchev–Trinajstić information content (AvgIpc) is 2.97. The van der Waals surface area contributed by atoms with Crippen molar-refractivity contribution in [3.8, 4) is 11.8 Å². The van der Waals surface area contributed by atoms with Crippen molar-refractivity contribution in [3.63, 3.8) is 0 Å². The van der Waals surface area contributed by atoms with E-state index in [1.807, 2.05) is 0 Å². The largest absolute Gasteiger partial charge is 0.446 e. The minimum absolute atomic E-state index is 0.0345. The van der Waals surface area contributed by atoms with Crippen LogP contribution in [0.4, 0.5) is 19.0 Å². The molecule has 1 aliphatic heterocycles. The Balaban J connectivity index is 1.96. The Morgan fingerprint density at radius 3 is 2.82 bits per heavy atom. The highest BCUT2D eigenvalue weighted by atomic mass is 32.2. The van der Waals surface area contributed by atoms with Gasteiger partial charge in [-0.05, 0) is 55.7 Å². The average molecular weight is 411 g/mol. The van der Waals surface area contributed by atoms with Crippen LogP contribution in [0.15, 0.2) is 23.1 Å². The van der Waals surface area contributed by atoms with E-state index in [1.54, 1.807) is 18.2 Å². The van der Waals surface area contributed by atoms with E-state index in [1.165, 1.54) is 11.4 Å². The minimum Gasteiger partial charge on any atom is -0.367 e. The van der Waals surface area contributed by atoms with Crippen molar-refractivity contribution in [3.05, 3.63) is 23.9 Å². The number of alkyl halides is 3. The number of pyridine rings is 1. The number of carbonyl (C=O) groups is 1. The summed E-state index contributed by atoms with van der Waals surface area (Å²) in [7, 11) is 0. The van der Waals surface area contributed by atoms with Crippen molar-refractivity contribution < 1.29 is 18.0 Å². The summed E-state index contributed by atoms with van der Waals surface area (Å²) in [5.74, 6) is 5.68. The number of amides is 1. The third-order valence-corrected chi connectivity index (χ3v) is 4.99. The molecule has 1 saturated heterocycles. The standard InChI is InChI=1S/C18H20F3N5OS/c1-12(27)23-9-3-4-14-17(28-18(19,20)21)15-5-2-6-16(26(15)25-14)24-13-7-10-22-11-8-13/h2,5-6,13,22,24H,7-11H2,1H3,(H,23,27). The highest BCUT2D eigenvalue weighted by Crippen LogP contribution is 2.41. The number of nitrogens with zero attached hydrogens (tertiary/aromatic N) is 2. The summed E-state index contributed by atoms with van der Waals surface area (Å²) in [5, 5.41) is 13.4. The Morgan fingerprint density at radius 1 is 1.39 bits per heavy atom. The minimum atomic E-state index is -4.46. The molecule has 0 radical (unpaired) electrons. The van der Waals surface area contributed by atoms with E-state index in [2.05, 4.69) is 32.9 Å². The van der Waals surface area contributed by atoms with Crippen molar-refractivity contribution in [2.75, 3.05) is 25.0 Å². The molecule has 150 valence electrons. The second-order valence-electron chi connectivity index (χ2n) is 6.31. The summed E-state index contributed by atoms with van der Waals surface area (Å²) in [6, 6.07) is 5.31. The van der Waals surface area contributed by atoms with Gasteiger partial charge in [-0.15, -0.1) is 0 Å². The third kappa shape index (κ3) is 5.33. The van der Waals surface area contributed by atoms with Crippen LogP contribution < -0.4 is 16.0 Å². The van der Waals surface area contributed by atoms with Crippen molar-refractivity contribution in [2.45, 2.75) is 36.2 Å². The lowest BCUT2D eigenvalue weighted by molar-refractivity contribution is -0.118. The zero-order chi connectivity index (χ0) is 20.1. The molecular formula is C18H20F3N5OS. The number of thioether (sulfide) groups is 1. The van der Waals surface area contributed by atoms with Crippen LogP contribution in [0, 0.1) is 11.8 Å². The maximum atomic E-state index is 13.1. The highest BCUT2D eigenvalue weighted by Gasteiger charge is 2.33. The first kappa shape index (κ1) is 20.4. The van der Waals surface area contributed by atoms with Gasteiger partial charge in [0.15, 0.2) is 0 Å². The summed E-state index contributed by atoms with van der Waals surface area (Å²) in [6.45, 7) is 3.17. The number of anilines is 1. The van der Waals surface area contributed by atoms with Crippen LogP contribution >= 0.6 is 11.8 Å². The van der Waals surface area contributed by atoms with Gasteiger partial charge in [0.05, 0.1) is 17.0 Å². The van der Waals surface area contributed by atoms with E-state index in [0.717, 1.165) is 25.9 Å². The second kappa shape index (κ2) is 8.75. The molecule has 1 aliphatic rings. The van der Waals surface area contributed by atoms with Crippen LogP contribution in [-0.4, -0.2) is 46.7 Å². The summed E-state index contributed by atoms with van der Waals surface area (Å²) >= 11 is -0.228. The molecule has 0 spiro atoms. The fraction of sp³-hybridized carbons (Fsp3) is 0.444. The maximum absolute atomic E-state index is 13.1. The number of hydrogen-bond acceptors (Lipinski definition) is 5. The molecule has 0 bridgehead atoms. The van der Waals surface area contributed by atoms with Gasteiger partial charge in [0.25, 0.3) is 0 Å². The number of piperidine rings is 1. The Morgan fingerprint density at radius 2 is 2.14 bits per heavy atom. The van der Waals surface area contributed by atoms with Gasteiger partial charge in [-0.1, -0.05) is 12.0 Å². The monoisotopic (exact) mass is 411 g/mol. The van der Waals surface area contributed by atoms with Crippen LogP contribution in [0.5, 0.6) is 0 Å². The van der Waals surface area contributed by atoms with Gasteiger partial charge >= 0.3 is 5.51 Å². The molecule has 0 saturated carbocycles. The number of carbonyl (C=O) groups excluding carboxylic acids is 1. The molecule has 2 aromatic rings. The Kier molecular flexibility index (Phi) is 6.36. The van der Waals surface area contributed by atoms with Crippen LogP contribution in [0.1, 0.15) is 25.5 Å². The van der Waals surface area contributed by atoms with Gasteiger partial charge in [0.2, 0.25) is 5.91 Å². The first-order valence-corrected chi connectivity index (χ1v) is 9.63. The van der Waals surface area contributed by atoms with Crippen LogP contribution in [-0.2, 0) is 4.79 Å². The van der Waals surface area contributed by atoms with E-state index < -0.39 is 5.51 Å². The fourth-order valence-electron chi connectivity index (χ4n) is 2.93. The highest BCUT2D eigenvalue weighted by molar-refractivity contribution is 8.00. The Labute approximate surface area is 164 Å². The molecule has 0 atom stereocenters. The summed E-state index contributed by atoms with van der Waals surface area (Å²) in [5.41, 5.74) is -4.09. The van der Waals surface area contributed by atoms with Crippen molar-refractivity contribution in [1.82, 2.24) is 20.2 Å². The Hall–Kier alpha value is -2.38. The van der Waals surface area contributed by atoms with Gasteiger partial charge < -0.3 is 16.0 Å². The lowest BCUT2D eigenvalue weighted by Gasteiger charge is -2.24. The number of rotatable bonds is 4. The van der Waals surface area contributed by atoms with Crippen molar-refractivity contribution in [2.24, 2.45) is 0 Å². The molecule has 0 aromatic carbocycles. The molecule has 2 aromatic heterocycles. The van der Waals surface area contributed by atoms with Crippen molar-refractivity contribution in [1.29, 1.82) is 0 Å². The molecular weight excluding hydrogens is 391 g/mol. The van der Waals surface area contributed by atoms with E-state index in [9.17, 15) is 18.0 Å². The molecule has 1 amide bonds. The topological polar surface area (TPSA) is 70.5 Å². The quantitative estimate of drug-likeness (QED) is 0.533. The molecule has 6 nitrogen and oxygen atoms in total. The van der Waals surface area contributed by atoms with Gasteiger partial charge in [0, 0.05) is 13.0 Å². The lowest BCUT2D eigenvalue weighted by atomic mass is 10.1. The molecule has 1 fully saturated rings. The molecule has 28 heavy (non-hydrogen) atoms. The second-order valence-corrected chi connectivity index (χ2v) is 7.39. The Bertz CT molecular complexity index is 910. The van der Waals surface area contributed by atoms with E-state index in [-0.39, 0.29) is 40.8 Å². The predicted octanol–water partition coefficient (Wildman–Crippen LogP) is 2.60. The van der Waals surface area contributed by atoms with Gasteiger partial charge in [-0.3, -0.25) is 4.79 Å².